The van der Waals surface area contributed by atoms with Crippen molar-refractivity contribution >= 4 is 29.2 Å². The van der Waals surface area contributed by atoms with E-state index in [2.05, 4.69) is 32.4 Å². The van der Waals surface area contributed by atoms with Crippen molar-refractivity contribution in [2.45, 2.75) is 58.5 Å². The van der Waals surface area contributed by atoms with Gasteiger partial charge in [-0.3, -0.25) is 14.3 Å². The fraction of sp³-hybridized carbons (Fsp3) is 0.650. The zero-order valence-corrected chi connectivity index (χ0v) is 18.8. The van der Waals surface area contributed by atoms with Crippen LogP contribution in [0.2, 0.25) is 5.28 Å². The summed E-state index contributed by atoms with van der Waals surface area (Å²) in [6, 6.07) is -0.0578. The zero-order chi connectivity index (χ0) is 22.1. The van der Waals surface area contributed by atoms with Crippen LogP contribution in [-0.4, -0.2) is 58.1 Å². The third kappa shape index (κ3) is 4.82. The number of fused-ring (bicyclic) bond motifs is 1. The number of carbonyl (C=O) groups excluding carboxylic acids is 1. The number of alkyl carbamates (subject to hydrolysis) is 1. The number of piperidine rings is 1. The Bertz CT molecular complexity index is 929. The molecule has 0 radical (unpaired) electrons. The summed E-state index contributed by atoms with van der Waals surface area (Å²) in [4.78, 5) is 33.5. The molecule has 1 amide bonds. The van der Waals surface area contributed by atoms with E-state index in [9.17, 15) is 9.59 Å². The van der Waals surface area contributed by atoms with Crippen LogP contribution in [0.5, 0.6) is 0 Å². The Morgan fingerprint density at radius 3 is 2.83 bits per heavy atom. The molecule has 2 unspecified atom stereocenters. The number of nitrogens with zero attached hydrogens (tertiary/aromatic N) is 4. The van der Waals surface area contributed by atoms with Crippen molar-refractivity contribution in [3.63, 3.8) is 0 Å². The minimum absolute atomic E-state index is 0.0578. The van der Waals surface area contributed by atoms with E-state index in [1.54, 1.807) is 14.0 Å². The van der Waals surface area contributed by atoms with Crippen LogP contribution in [-0.2, 0) is 11.8 Å². The van der Waals surface area contributed by atoms with Gasteiger partial charge in [-0.25, -0.2) is 4.79 Å². The van der Waals surface area contributed by atoms with Crippen molar-refractivity contribution in [3.05, 3.63) is 15.6 Å². The molecule has 3 heterocycles. The van der Waals surface area contributed by atoms with Crippen molar-refractivity contribution in [3.8, 4) is 11.8 Å². The summed E-state index contributed by atoms with van der Waals surface area (Å²) in [5, 5.41) is 6.40. The molecule has 3 rings (SSSR count). The van der Waals surface area contributed by atoms with Gasteiger partial charge in [0.2, 0.25) is 5.28 Å². The molecule has 2 N–H and O–H groups in total. The highest BCUT2D eigenvalue weighted by atomic mass is 35.5. The van der Waals surface area contributed by atoms with Gasteiger partial charge in [0.15, 0.2) is 12.1 Å². The van der Waals surface area contributed by atoms with E-state index < -0.39 is 11.7 Å². The van der Waals surface area contributed by atoms with Crippen molar-refractivity contribution in [1.29, 1.82) is 0 Å². The van der Waals surface area contributed by atoms with E-state index in [0.717, 1.165) is 19.4 Å². The van der Waals surface area contributed by atoms with Crippen molar-refractivity contribution < 1.29 is 9.53 Å². The molecule has 0 saturated carbocycles. The molecule has 0 spiro atoms. The number of nitrogens with one attached hydrogen (secondary N) is 2. The van der Waals surface area contributed by atoms with Crippen molar-refractivity contribution in [2.75, 3.05) is 29.9 Å². The maximum Gasteiger partial charge on any atom is 0.407 e. The lowest BCUT2D eigenvalue weighted by molar-refractivity contribution is 0.0461. The lowest BCUT2D eigenvalue weighted by atomic mass is 10.1. The van der Waals surface area contributed by atoms with Crippen LogP contribution >= 0.6 is 11.6 Å². The Balaban J connectivity index is 1.79. The normalized spacial score (nSPS) is 21.3. The van der Waals surface area contributed by atoms with Gasteiger partial charge in [0.25, 0.3) is 5.56 Å². The molecule has 0 aliphatic carbocycles. The molecule has 1 aromatic heterocycles. The SMILES string of the molecule is CC#CCN1c2c(nc(Cl)n(C)c2=O)NC1N1CCCC(NC(=O)OC(C)(C)C)C1. The maximum atomic E-state index is 12.8. The number of ether oxygens (including phenoxy) is 1. The summed E-state index contributed by atoms with van der Waals surface area (Å²) in [7, 11) is 1.59. The van der Waals surface area contributed by atoms with Crippen LogP contribution in [0.4, 0.5) is 16.3 Å². The molecule has 0 bridgehead atoms. The fourth-order valence-corrected chi connectivity index (χ4v) is 3.85. The number of hydrogen-bond acceptors (Lipinski definition) is 7. The molecule has 30 heavy (non-hydrogen) atoms. The Kier molecular flexibility index (Phi) is 6.48. The molecule has 2 aliphatic heterocycles. The molecule has 10 heteroatoms. The van der Waals surface area contributed by atoms with Gasteiger partial charge in [0, 0.05) is 26.2 Å². The standard InChI is InChI=1S/C20H29ClN6O3/c1-6-7-11-27-14-15(23-17(21)25(5)16(14)28)24-18(27)26-10-8-9-13(12-26)22-19(29)30-20(2,3)4/h13,18,24H,8-12H2,1-5H3,(H,22,29). The van der Waals surface area contributed by atoms with Crippen LogP contribution in [0.25, 0.3) is 0 Å². The van der Waals surface area contributed by atoms with Gasteiger partial charge in [-0.15, -0.1) is 5.92 Å². The Hall–Kier alpha value is -2.44. The Morgan fingerprint density at radius 1 is 1.43 bits per heavy atom. The van der Waals surface area contributed by atoms with Gasteiger partial charge in [0.1, 0.15) is 11.3 Å². The predicted octanol–water partition coefficient (Wildman–Crippen LogP) is 1.96. The molecule has 1 aromatic rings. The average molecular weight is 437 g/mol. The molecule has 164 valence electrons. The quantitative estimate of drug-likeness (QED) is 0.552. The van der Waals surface area contributed by atoms with Gasteiger partial charge in [-0.1, -0.05) is 5.92 Å². The number of hydrogen-bond donors (Lipinski definition) is 2. The van der Waals surface area contributed by atoms with Crippen LogP contribution < -0.4 is 21.1 Å². The minimum atomic E-state index is -0.548. The Labute approximate surface area is 181 Å². The molecular weight excluding hydrogens is 408 g/mol. The second kappa shape index (κ2) is 8.74. The number of likely N-dealkylation sites (tertiary alicyclic amines) is 1. The van der Waals surface area contributed by atoms with E-state index in [0.29, 0.717) is 24.6 Å². The second-order valence-corrected chi connectivity index (χ2v) is 8.83. The molecule has 0 aromatic carbocycles. The topological polar surface area (TPSA) is 91.7 Å². The fourth-order valence-electron chi connectivity index (χ4n) is 3.68. The largest absolute Gasteiger partial charge is 0.444 e. The number of rotatable bonds is 3. The molecule has 1 saturated heterocycles. The van der Waals surface area contributed by atoms with E-state index in [4.69, 9.17) is 16.3 Å². The van der Waals surface area contributed by atoms with Crippen LogP contribution in [0.3, 0.4) is 0 Å². The first-order chi connectivity index (χ1) is 14.1. The summed E-state index contributed by atoms with van der Waals surface area (Å²) in [5.74, 6) is 6.38. The molecule has 1 fully saturated rings. The Morgan fingerprint density at radius 2 is 2.17 bits per heavy atom. The van der Waals surface area contributed by atoms with Crippen molar-refractivity contribution in [1.82, 2.24) is 19.8 Å². The number of aromatic nitrogens is 2. The van der Waals surface area contributed by atoms with Crippen LogP contribution in [0.1, 0.15) is 40.5 Å². The van der Waals surface area contributed by atoms with E-state index in [-0.39, 0.29) is 23.2 Å². The number of amides is 1. The third-order valence-corrected chi connectivity index (χ3v) is 5.34. The van der Waals surface area contributed by atoms with Gasteiger partial charge >= 0.3 is 6.09 Å². The summed E-state index contributed by atoms with van der Waals surface area (Å²) in [6.45, 7) is 9.07. The molecular formula is C20H29ClN6O3. The number of halogens is 1. The zero-order valence-electron chi connectivity index (χ0n) is 18.1. The summed E-state index contributed by atoms with van der Waals surface area (Å²) < 4.78 is 6.71. The summed E-state index contributed by atoms with van der Waals surface area (Å²) >= 11 is 6.11. The van der Waals surface area contributed by atoms with Gasteiger partial charge < -0.3 is 20.3 Å². The minimum Gasteiger partial charge on any atom is -0.444 e. The second-order valence-electron chi connectivity index (χ2n) is 8.50. The molecule has 9 nitrogen and oxygen atoms in total. The monoisotopic (exact) mass is 436 g/mol. The number of anilines is 2. The smallest absolute Gasteiger partial charge is 0.407 e. The predicted molar refractivity (Wildman–Crippen MR) is 117 cm³/mol. The number of carbonyl (C=O) groups is 1. The first kappa shape index (κ1) is 22.2. The van der Waals surface area contributed by atoms with Gasteiger partial charge in [-0.2, -0.15) is 4.98 Å². The lowest BCUT2D eigenvalue weighted by Crippen LogP contribution is -2.58. The first-order valence-corrected chi connectivity index (χ1v) is 10.4. The molecule has 2 aliphatic rings. The third-order valence-electron chi connectivity index (χ3n) is 5.01. The highest BCUT2D eigenvalue weighted by Crippen LogP contribution is 2.32. The summed E-state index contributed by atoms with van der Waals surface area (Å²) in [6.07, 6.45) is 1.03. The van der Waals surface area contributed by atoms with Crippen LogP contribution in [0.15, 0.2) is 4.79 Å². The van der Waals surface area contributed by atoms with E-state index in [1.807, 2.05) is 25.7 Å². The van der Waals surface area contributed by atoms with Gasteiger partial charge in [-0.05, 0) is 52.1 Å². The van der Waals surface area contributed by atoms with Crippen LogP contribution in [0, 0.1) is 11.8 Å². The first-order valence-electron chi connectivity index (χ1n) is 10.0. The summed E-state index contributed by atoms with van der Waals surface area (Å²) in [5.41, 5.74) is -0.316. The highest BCUT2D eigenvalue weighted by Gasteiger charge is 2.39. The molecule has 2 atom stereocenters. The lowest BCUT2D eigenvalue weighted by Gasteiger charge is -2.40. The van der Waals surface area contributed by atoms with Crippen molar-refractivity contribution in [2.24, 2.45) is 7.05 Å². The average Bonchev–Trinajstić information content (AvgIpc) is 3.01. The van der Waals surface area contributed by atoms with E-state index >= 15 is 0 Å². The highest BCUT2D eigenvalue weighted by molar-refractivity contribution is 6.28. The maximum absolute atomic E-state index is 12.8. The van der Waals surface area contributed by atoms with Gasteiger partial charge in [0.05, 0.1) is 6.54 Å². The van der Waals surface area contributed by atoms with E-state index in [1.165, 1.54) is 4.57 Å².